The molecule has 0 fully saturated rings. The zero-order chi connectivity index (χ0) is 9.26. The third kappa shape index (κ3) is 1.27. The highest BCUT2D eigenvalue weighted by atomic mass is 32.1. The highest BCUT2D eigenvalue weighted by Crippen LogP contribution is 2.22. The molecule has 2 rings (SSSR count). The Balaban J connectivity index is 2.67. The molecule has 0 aliphatic carbocycles. The van der Waals surface area contributed by atoms with Crippen LogP contribution in [0.4, 0.5) is 5.82 Å². The second-order valence-electron chi connectivity index (χ2n) is 2.53. The molecule has 0 atom stereocenters. The van der Waals surface area contributed by atoms with Crippen molar-refractivity contribution in [2.75, 3.05) is 4.31 Å². The van der Waals surface area contributed by atoms with Crippen molar-refractivity contribution in [1.29, 1.82) is 0 Å². The van der Waals surface area contributed by atoms with Crippen LogP contribution < -0.4 is 4.31 Å². The summed E-state index contributed by atoms with van der Waals surface area (Å²) in [5, 5.41) is 1.01. The summed E-state index contributed by atoms with van der Waals surface area (Å²) >= 11 is 3.95. The van der Waals surface area contributed by atoms with Gasteiger partial charge in [0.15, 0.2) is 5.82 Å². The van der Waals surface area contributed by atoms with Gasteiger partial charge in [-0.2, -0.15) is 0 Å². The van der Waals surface area contributed by atoms with E-state index in [2.05, 4.69) is 22.8 Å². The average molecular weight is 193 g/mol. The van der Waals surface area contributed by atoms with E-state index in [0.717, 1.165) is 15.2 Å². The van der Waals surface area contributed by atoms with Crippen molar-refractivity contribution in [3.05, 3.63) is 24.5 Å². The Morgan fingerprint density at radius 2 is 2.38 bits per heavy atom. The minimum atomic E-state index is 0.515. The molecule has 0 aliphatic rings. The molecule has 4 nitrogen and oxygen atoms in total. The van der Waals surface area contributed by atoms with E-state index in [0.29, 0.717) is 12.2 Å². The van der Waals surface area contributed by atoms with Crippen molar-refractivity contribution < 1.29 is 4.79 Å². The van der Waals surface area contributed by atoms with Crippen LogP contribution in [0.3, 0.4) is 0 Å². The van der Waals surface area contributed by atoms with Crippen molar-refractivity contribution in [1.82, 2.24) is 9.97 Å². The molecule has 2 heterocycles. The van der Waals surface area contributed by atoms with Crippen LogP contribution in [0.25, 0.3) is 10.9 Å². The van der Waals surface area contributed by atoms with Gasteiger partial charge in [0.2, 0.25) is 6.41 Å². The molecule has 0 unspecified atom stereocenters. The number of carbonyl (C=O) groups is 1. The van der Waals surface area contributed by atoms with E-state index in [1.807, 2.05) is 12.1 Å². The fraction of sp³-hybridized carbons (Fsp3) is 0. The lowest BCUT2D eigenvalue weighted by Crippen LogP contribution is -2.08. The number of carbonyl (C=O) groups excluding carboxylic acids is 1. The molecule has 66 valence electrons. The van der Waals surface area contributed by atoms with Gasteiger partial charge in [-0.15, -0.1) is 0 Å². The first-order valence-electron chi connectivity index (χ1n) is 3.68. The first kappa shape index (κ1) is 8.12. The van der Waals surface area contributed by atoms with Crippen molar-refractivity contribution in [3.8, 4) is 0 Å². The maximum atomic E-state index is 10.5. The number of aromatic amines is 1. The number of rotatable bonds is 2. The Morgan fingerprint density at radius 3 is 3.15 bits per heavy atom. The fourth-order valence-corrected chi connectivity index (χ4v) is 1.34. The normalized spacial score (nSPS) is 10.2. The summed E-state index contributed by atoms with van der Waals surface area (Å²) in [7, 11) is 0. The SMILES string of the molecule is O=CN(S)c1nccc2cc[nH]c12. The Kier molecular flexibility index (Phi) is 1.94. The predicted octanol–water partition coefficient (Wildman–Crippen LogP) is 1.37. The highest BCUT2D eigenvalue weighted by Gasteiger charge is 2.07. The van der Waals surface area contributed by atoms with Gasteiger partial charge in [0.1, 0.15) is 0 Å². The summed E-state index contributed by atoms with van der Waals surface area (Å²) in [6, 6.07) is 3.77. The smallest absolute Gasteiger partial charge is 0.225 e. The molecule has 0 spiro atoms. The third-order valence-electron chi connectivity index (χ3n) is 1.77. The summed E-state index contributed by atoms with van der Waals surface area (Å²) in [5.41, 5.74) is 0.810. The number of H-pyrrole nitrogens is 1. The lowest BCUT2D eigenvalue weighted by atomic mass is 10.3. The fourth-order valence-electron chi connectivity index (χ4n) is 1.19. The molecule has 0 radical (unpaired) electrons. The van der Waals surface area contributed by atoms with Gasteiger partial charge in [0, 0.05) is 17.8 Å². The Bertz CT molecular complexity index is 440. The van der Waals surface area contributed by atoms with E-state index >= 15 is 0 Å². The van der Waals surface area contributed by atoms with Crippen molar-refractivity contribution in [3.63, 3.8) is 0 Å². The van der Waals surface area contributed by atoms with Gasteiger partial charge in [0.05, 0.1) is 5.52 Å². The second-order valence-corrected chi connectivity index (χ2v) is 2.96. The molecule has 0 saturated heterocycles. The number of aromatic nitrogens is 2. The molecule has 0 aromatic carbocycles. The van der Waals surface area contributed by atoms with E-state index in [1.54, 1.807) is 12.4 Å². The quantitative estimate of drug-likeness (QED) is 0.559. The Hall–Kier alpha value is -1.49. The standard InChI is InChI=1S/C8H7N3OS/c12-5-11(13)8-7-6(1-3-9-7)2-4-10-8/h1-5,9,13H. The lowest BCUT2D eigenvalue weighted by Gasteiger charge is -2.07. The van der Waals surface area contributed by atoms with Crippen LogP contribution in [0.2, 0.25) is 0 Å². The summed E-state index contributed by atoms with van der Waals surface area (Å²) in [4.78, 5) is 17.5. The summed E-state index contributed by atoms with van der Waals surface area (Å²) in [6.45, 7) is 0. The van der Waals surface area contributed by atoms with Crippen LogP contribution in [0.1, 0.15) is 0 Å². The summed E-state index contributed by atoms with van der Waals surface area (Å²) in [5.74, 6) is 0.515. The lowest BCUT2D eigenvalue weighted by molar-refractivity contribution is -0.106. The van der Waals surface area contributed by atoms with Gasteiger partial charge in [-0.3, -0.25) is 4.79 Å². The molecule has 1 amide bonds. The third-order valence-corrected chi connectivity index (χ3v) is 2.05. The number of hydrogen-bond donors (Lipinski definition) is 2. The zero-order valence-electron chi connectivity index (χ0n) is 6.64. The van der Waals surface area contributed by atoms with E-state index in [9.17, 15) is 4.79 Å². The number of pyridine rings is 1. The summed E-state index contributed by atoms with van der Waals surface area (Å²) in [6.07, 6.45) is 4.03. The largest absolute Gasteiger partial charge is 0.358 e. The van der Waals surface area contributed by atoms with Gasteiger partial charge in [0.25, 0.3) is 0 Å². The molecule has 0 saturated carbocycles. The number of nitrogens with one attached hydrogen (secondary N) is 1. The maximum Gasteiger partial charge on any atom is 0.225 e. The molecular weight excluding hydrogens is 186 g/mol. The molecular formula is C8H7N3OS. The van der Waals surface area contributed by atoms with Crippen LogP contribution >= 0.6 is 12.8 Å². The Labute approximate surface area is 80.1 Å². The van der Waals surface area contributed by atoms with E-state index < -0.39 is 0 Å². The van der Waals surface area contributed by atoms with Gasteiger partial charge >= 0.3 is 0 Å². The van der Waals surface area contributed by atoms with Gasteiger partial charge < -0.3 is 4.98 Å². The number of thiol groups is 1. The maximum absolute atomic E-state index is 10.5. The minimum Gasteiger partial charge on any atom is -0.358 e. The van der Waals surface area contributed by atoms with Gasteiger partial charge in [-0.05, 0) is 12.1 Å². The monoisotopic (exact) mass is 193 g/mol. The molecule has 0 aliphatic heterocycles. The molecule has 5 heteroatoms. The minimum absolute atomic E-state index is 0.515. The molecule has 2 aromatic rings. The van der Waals surface area contributed by atoms with Crippen molar-refractivity contribution in [2.24, 2.45) is 0 Å². The van der Waals surface area contributed by atoms with E-state index in [4.69, 9.17) is 0 Å². The van der Waals surface area contributed by atoms with Crippen LogP contribution in [0.15, 0.2) is 24.5 Å². The number of fused-ring (bicyclic) bond motifs is 1. The highest BCUT2D eigenvalue weighted by molar-refractivity contribution is 7.82. The van der Waals surface area contributed by atoms with Crippen molar-refractivity contribution in [2.45, 2.75) is 0 Å². The zero-order valence-corrected chi connectivity index (χ0v) is 7.53. The number of hydrogen-bond acceptors (Lipinski definition) is 3. The first-order valence-corrected chi connectivity index (χ1v) is 4.08. The van der Waals surface area contributed by atoms with E-state index in [-0.39, 0.29) is 0 Å². The topological polar surface area (TPSA) is 49.0 Å². The van der Waals surface area contributed by atoms with Gasteiger partial charge in [-0.25, -0.2) is 9.29 Å². The van der Waals surface area contributed by atoms with Crippen molar-refractivity contribution >= 4 is 35.9 Å². The first-order chi connectivity index (χ1) is 6.33. The molecule has 13 heavy (non-hydrogen) atoms. The van der Waals surface area contributed by atoms with Crippen LogP contribution in [-0.2, 0) is 4.79 Å². The van der Waals surface area contributed by atoms with Crippen LogP contribution in [-0.4, -0.2) is 16.4 Å². The van der Waals surface area contributed by atoms with Crippen LogP contribution in [0, 0.1) is 0 Å². The average Bonchev–Trinajstić information content (AvgIpc) is 2.63. The second kappa shape index (κ2) is 3.10. The number of amides is 1. The predicted molar refractivity (Wildman–Crippen MR) is 53.6 cm³/mol. The molecule has 2 aromatic heterocycles. The Morgan fingerprint density at radius 1 is 1.54 bits per heavy atom. The van der Waals surface area contributed by atoms with Crippen LogP contribution in [0.5, 0.6) is 0 Å². The number of anilines is 1. The summed E-state index contributed by atoms with van der Waals surface area (Å²) < 4.78 is 1.14. The molecule has 1 N–H and O–H groups in total. The van der Waals surface area contributed by atoms with Gasteiger partial charge in [-0.1, -0.05) is 12.8 Å². The number of nitrogens with zero attached hydrogens (tertiary/aromatic N) is 2. The molecule has 0 bridgehead atoms. The van der Waals surface area contributed by atoms with E-state index in [1.165, 1.54) is 0 Å².